The summed E-state index contributed by atoms with van der Waals surface area (Å²) < 4.78 is 5.34. The summed E-state index contributed by atoms with van der Waals surface area (Å²) >= 11 is 6.22. The van der Waals surface area contributed by atoms with Crippen LogP contribution in [0.3, 0.4) is 0 Å². The Kier molecular flexibility index (Phi) is 11.3. The molecule has 0 aliphatic carbocycles. The molecule has 5 amide bonds. The molecular weight excluding hydrogens is 582 g/mol. The molecule has 1 aromatic carbocycles. The smallest absolute Gasteiger partial charge is 0.326 e. The standard InChI is InChI=1S/C29H38ClN5O8/c30-20-6-2-1-5-19(20)26(38)33-21-7-3-4-12-31-24(36)9-8-22(29(41)42)34-27(39)23-15-18(16-35(23)28(21)40)32-25(37)17-10-13-43-14-11-17/h1-2,5-6,17-18,21-23H,3-4,7-16H2,(H,31,36)(H,32,37)(H,33,38)(H,34,39)(H,41,42)/t18-,21+,22+,23+/m1/s1. The summed E-state index contributed by atoms with van der Waals surface area (Å²) in [7, 11) is 0. The summed E-state index contributed by atoms with van der Waals surface area (Å²) in [6.45, 7) is 1.25. The summed E-state index contributed by atoms with van der Waals surface area (Å²) in [4.78, 5) is 79.2. The van der Waals surface area contributed by atoms with Crippen LogP contribution in [-0.2, 0) is 28.7 Å². The SMILES string of the molecule is O=C1CC[C@@H](C(=O)O)NC(=O)[C@@H]2C[C@@H](NC(=O)C3CCOCC3)CN2C(=O)[C@@H](NC(=O)c2ccccc2Cl)CCCCN1. The molecule has 1 aromatic rings. The lowest BCUT2D eigenvalue weighted by Gasteiger charge is -2.29. The van der Waals surface area contributed by atoms with Gasteiger partial charge in [-0.1, -0.05) is 23.7 Å². The fourth-order valence-electron chi connectivity index (χ4n) is 5.64. The Morgan fingerprint density at radius 2 is 1.74 bits per heavy atom. The highest BCUT2D eigenvalue weighted by Crippen LogP contribution is 2.24. The lowest BCUT2D eigenvalue weighted by Crippen LogP contribution is -2.55. The predicted octanol–water partition coefficient (Wildman–Crippen LogP) is 0.600. The molecule has 0 bridgehead atoms. The highest BCUT2D eigenvalue weighted by Gasteiger charge is 2.44. The molecule has 0 unspecified atom stereocenters. The van der Waals surface area contributed by atoms with Crippen molar-refractivity contribution in [3.8, 4) is 0 Å². The van der Waals surface area contributed by atoms with Crippen molar-refractivity contribution < 1.29 is 38.6 Å². The molecule has 5 N–H and O–H groups in total. The minimum Gasteiger partial charge on any atom is -0.480 e. The van der Waals surface area contributed by atoms with E-state index in [1.807, 2.05) is 0 Å². The van der Waals surface area contributed by atoms with Crippen molar-refractivity contribution >= 4 is 47.1 Å². The van der Waals surface area contributed by atoms with E-state index in [-0.39, 0.29) is 60.5 Å². The molecular formula is C29H38ClN5O8. The van der Waals surface area contributed by atoms with E-state index in [1.165, 1.54) is 11.0 Å². The van der Waals surface area contributed by atoms with Gasteiger partial charge >= 0.3 is 5.97 Å². The van der Waals surface area contributed by atoms with Crippen molar-refractivity contribution in [3.05, 3.63) is 34.9 Å². The number of carbonyl (C=O) groups excluding carboxylic acids is 5. The number of rotatable bonds is 5. The quantitative estimate of drug-likeness (QED) is 0.317. The second-order valence-electron chi connectivity index (χ2n) is 11.1. The number of nitrogens with zero attached hydrogens (tertiary/aromatic N) is 1. The van der Waals surface area contributed by atoms with Gasteiger partial charge < -0.3 is 36.0 Å². The molecule has 3 aliphatic heterocycles. The third kappa shape index (κ3) is 8.66. The van der Waals surface area contributed by atoms with E-state index in [1.54, 1.807) is 18.2 Å². The highest BCUT2D eigenvalue weighted by atomic mass is 35.5. The number of carboxylic acids is 1. The van der Waals surface area contributed by atoms with Gasteiger partial charge in [0.25, 0.3) is 5.91 Å². The molecule has 4 atom stereocenters. The Bertz CT molecular complexity index is 1220. The Hall–Kier alpha value is -3.71. The zero-order chi connectivity index (χ0) is 30.9. The number of ether oxygens (including phenoxy) is 1. The molecule has 3 fully saturated rings. The number of halogens is 1. The zero-order valence-corrected chi connectivity index (χ0v) is 24.6. The van der Waals surface area contributed by atoms with Crippen LogP contribution >= 0.6 is 11.6 Å². The van der Waals surface area contributed by atoms with Gasteiger partial charge in [-0.3, -0.25) is 24.0 Å². The van der Waals surface area contributed by atoms with Crippen molar-refractivity contribution in [2.45, 2.75) is 75.5 Å². The molecule has 13 nitrogen and oxygen atoms in total. The van der Waals surface area contributed by atoms with Gasteiger partial charge in [0, 0.05) is 44.7 Å². The van der Waals surface area contributed by atoms with Crippen LogP contribution in [0.15, 0.2) is 24.3 Å². The van der Waals surface area contributed by atoms with Crippen LogP contribution in [-0.4, -0.2) is 96.0 Å². The first kappa shape index (κ1) is 32.2. The molecule has 3 saturated heterocycles. The normalized spacial score (nSPS) is 26.3. The Balaban J connectivity index is 1.59. The first-order valence-corrected chi connectivity index (χ1v) is 15.1. The van der Waals surface area contributed by atoms with Gasteiger partial charge in [0.1, 0.15) is 18.1 Å². The van der Waals surface area contributed by atoms with Crippen LogP contribution in [0.5, 0.6) is 0 Å². The summed E-state index contributed by atoms with van der Waals surface area (Å²) in [6.07, 6.45) is 2.14. The van der Waals surface area contributed by atoms with Crippen molar-refractivity contribution in [1.82, 2.24) is 26.2 Å². The van der Waals surface area contributed by atoms with Gasteiger partial charge in [0.15, 0.2) is 0 Å². The fourth-order valence-corrected chi connectivity index (χ4v) is 5.86. The van der Waals surface area contributed by atoms with Gasteiger partial charge in [0.2, 0.25) is 23.6 Å². The number of nitrogens with one attached hydrogen (secondary N) is 4. The van der Waals surface area contributed by atoms with Crippen LogP contribution in [0.4, 0.5) is 0 Å². The van der Waals surface area contributed by atoms with E-state index in [4.69, 9.17) is 16.3 Å². The van der Waals surface area contributed by atoms with E-state index in [0.717, 1.165) is 0 Å². The lowest BCUT2D eigenvalue weighted by molar-refractivity contribution is -0.144. The second kappa shape index (κ2) is 15.1. The van der Waals surface area contributed by atoms with Gasteiger partial charge in [-0.05, 0) is 57.1 Å². The summed E-state index contributed by atoms with van der Waals surface area (Å²) in [5.41, 5.74) is 0.182. The van der Waals surface area contributed by atoms with Crippen LogP contribution in [0.1, 0.15) is 61.7 Å². The summed E-state index contributed by atoms with van der Waals surface area (Å²) in [6, 6.07) is 2.35. The minimum absolute atomic E-state index is 0.00211. The molecule has 0 radical (unpaired) electrons. The highest BCUT2D eigenvalue weighted by molar-refractivity contribution is 6.33. The summed E-state index contributed by atoms with van der Waals surface area (Å²) in [5, 5.41) is 20.8. The lowest BCUT2D eigenvalue weighted by atomic mass is 9.99. The Labute approximate surface area is 254 Å². The number of hydrogen-bond acceptors (Lipinski definition) is 7. The van der Waals surface area contributed by atoms with E-state index in [0.29, 0.717) is 45.4 Å². The molecule has 43 heavy (non-hydrogen) atoms. The third-order valence-corrected chi connectivity index (χ3v) is 8.39. The zero-order valence-electron chi connectivity index (χ0n) is 23.8. The van der Waals surface area contributed by atoms with Gasteiger partial charge in [-0.15, -0.1) is 0 Å². The minimum atomic E-state index is -1.35. The van der Waals surface area contributed by atoms with E-state index in [9.17, 15) is 33.9 Å². The number of carbonyl (C=O) groups is 6. The molecule has 0 aromatic heterocycles. The van der Waals surface area contributed by atoms with Crippen LogP contribution in [0.25, 0.3) is 0 Å². The second-order valence-corrected chi connectivity index (χ2v) is 11.5. The predicted molar refractivity (Wildman–Crippen MR) is 154 cm³/mol. The maximum atomic E-state index is 14.0. The molecule has 0 saturated carbocycles. The molecule has 3 heterocycles. The molecule has 3 aliphatic rings. The van der Waals surface area contributed by atoms with Gasteiger partial charge in [-0.2, -0.15) is 0 Å². The monoisotopic (exact) mass is 619 g/mol. The van der Waals surface area contributed by atoms with Crippen molar-refractivity contribution in [2.75, 3.05) is 26.3 Å². The number of amides is 5. The van der Waals surface area contributed by atoms with Crippen LogP contribution < -0.4 is 21.3 Å². The van der Waals surface area contributed by atoms with Gasteiger partial charge in [-0.25, -0.2) is 4.79 Å². The maximum absolute atomic E-state index is 14.0. The first-order chi connectivity index (χ1) is 20.6. The average molecular weight is 620 g/mol. The third-order valence-electron chi connectivity index (χ3n) is 8.06. The topological polar surface area (TPSA) is 183 Å². The van der Waals surface area contributed by atoms with E-state index < -0.39 is 47.9 Å². The first-order valence-electron chi connectivity index (χ1n) is 14.7. The number of benzene rings is 1. The molecule has 0 spiro atoms. The van der Waals surface area contributed by atoms with Crippen LogP contribution in [0.2, 0.25) is 5.02 Å². The fraction of sp³-hybridized carbons (Fsp3) is 0.586. The van der Waals surface area contributed by atoms with Crippen molar-refractivity contribution in [2.24, 2.45) is 5.92 Å². The molecule has 234 valence electrons. The number of hydrogen-bond donors (Lipinski definition) is 5. The summed E-state index contributed by atoms with van der Waals surface area (Å²) in [5.74, 6) is -3.91. The number of carboxylic acid groups (broad SMARTS) is 1. The van der Waals surface area contributed by atoms with E-state index in [2.05, 4.69) is 21.3 Å². The Morgan fingerprint density at radius 1 is 1.00 bits per heavy atom. The number of aliphatic carboxylic acids is 1. The molecule has 14 heteroatoms. The average Bonchev–Trinajstić information content (AvgIpc) is 3.41. The number of fused-ring (bicyclic) bond motifs is 1. The van der Waals surface area contributed by atoms with Gasteiger partial charge in [0.05, 0.1) is 10.6 Å². The maximum Gasteiger partial charge on any atom is 0.326 e. The Morgan fingerprint density at radius 3 is 2.47 bits per heavy atom. The van der Waals surface area contributed by atoms with Crippen LogP contribution in [0, 0.1) is 5.92 Å². The largest absolute Gasteiger partial charge is 0.480 e. The van der Waals surface area contributed by atoms with Crippen molar-refractivity contribution in [1.29, 1.82) is 0 Å². The van der Waals surface area contributed by atoms with E-state index >= 15 is 0 Å². The van der Waals surface area contributed by atoms with Crippen molar-refractivity contribution in [3.63, 3.8) is 0 Å². The molecule has 4 rings (SSSR count).